The third-order valence-electron chi connectivity index (χ3n) is 1.60. The molecule has 0 spiro atoms. The number of nitrogens with one attached hydrogen (secondary N) is 1. The monoisotopic (exact) mass is 220 g/mol. The lowest BCUT2D eigenvalue weighted by atomic mass is 10.3. The van der Waals surface area contributed by atoms with E-state index in [0.29, 0.717) is 0 Å². The van der Waals surface area contributed by atoms with Crippen molar-refractivity contribution in [1.82, 2.24) is 9.97 Å². The van der Waals surface area contributed by atoms with Gasteiger partial charge < -0.3 is 11.1 Å². The van der Waals surface area contributed by atoms with Crippen LogP contribution in [0, 0.1) is 0 Å². The van der Waals surface area contributed by atoms with Crippen LogP contribution in [0.2, 0.25) is 0 Å². The van der Waals surface area contributed by atoms with Crippen LogP contribution in [0.25, 0.3) is 0 Å². The number of halogens is 3. The molecule has 0 aliphatic carbocycles. The van der Waals surface area contributed by atoms with E-state index in [1.165, 1.54) is 12.3 Å². The van der Waals surface area contributed by atoms with Gasteiger partial charge in [-0.15, -0.1) is 0 Å². The first kappa shape index (κ1) is 11.5. The molecular formula is C8H11F3N4. The Bertz CT molecular complexity index is 313. The first-order valence-electron chi connectivity index (χ1n) is 4.36. The summed E-state index contributed by atoms with van der Waals surface area (Å²) in [5.41, 5.74) is 5.36. The van der Waals surface area contributed by atoms with Crippen LogP contribution in [-0.2, 0) is 0 Å². The van der Waals surface area contributed by atoms with Crippen LogP contribution < -0.4 is 11.1 Å². The Balaban J connectivity index is 2.26. The van der Waals surface area contributed by atoms with Gasteiger partial charge in [0.1, 0.15) is 5.82 Å². The van der Waals surface area contributed by atoms with E-state index in [4.69, 9.17) is 5.73 Å². The molecule has 1 aromatic heterocycles. The molecule has 0 saturated carbocycles. The third kappa shape index (κ3) is 5.04. The maximum Gasteiger partial charge on any atom is 0.389 e. The lowest BCUT2D eigenvalue weighted by Gasteiger charge is -2.07. The fourth-order valence-electron chi connectivity index (χ4n) is 0.947. The van der Waals surface area contributed by atoms with Crippen LogP contribution in [0.4, 0.5) is 24.9 Å². The number of nitrogen functional groups attached to an aromatic ring is 1. The fraction of sp³-hybridized carbons (Fsp3) is 0.500. The minimum Gasteiger partial charge on any atom is -0.384 e. The van der Waals surface area contributed by atoms with Crippen LogP contribution in [0.3, 0.4) is 0 Å². The fourth-order valence-corrected chi connectivity index (χ4v) is 0.947. The van der Waals surface area contributed by atoms with E-state index in [1.807, 2.05) is 0 Å². The van der Waals surface area contributed by atoms with Crippen molar-refractivity contribution in [3.63, 3.8) is 0 Å². The summed E-state index contributed by atoms with van der Waals surface area (Å²) in [6, 6.07) is 1.50. The largest absolute Gasteiger partial charge is 0.389 e. The SMILES string of the molecule is Nc1ccnc(NCCCC(F)(F)F)n1. The Morgan fingerprint density at radius 2 is 2.13 bits per heavy atom. The van der Waals surface area contributed by atoms with Crippen LogP contribution in [-0.4, -0.2) is 22.7 Å². The number of nitrogens with zero attached hydrogens (tertiary/aromatic N) is 2. The molecular weight excluding hydrogens is 209 g/mol. The van der Waals surface area contributed by atoms with Gasteiger partial charge in [0, 0.05) is 19.2 Å². The van der Waals surface area contributed by atoms with Crippen molar-refractivity contribution in [2.75, 3.05) is 17.6 Å². The summed E-state index contributed by atoms with van der Waals surface area (Å²) in [6.45, 7) is 0.170. The van der Waals surface area contributed by atoms with E-state index in [1.54, 1.807) is 0 Å². The zero-order valence-electron chi connectivity index (χ0n) is 7.88. The van der Waals surface area contributed by atoms with Crippen molar-refractivity contribution in [2.45, 2.75) is 19.0 Å². The lowest BCUT2D eigenvalue weighted by Crippen LogP contribution is -2.12. The molecule has 0 aromatic carbocycles. The van der Waals surface area contributed by atoms with Crippen molar-refractivity contribution in [1.29, 1.82) is 0 Å². The summed E-state index contributed by atoms with van der Waals surface area (Å²) >= 11 is 0. The molecule has 15 heavy (non-hydrogen) atoms. The average molecular weight is 220 g/mol. The van der Waals surface area contributed by atoms with Crippen LogP contribution >= 0.6 is 0 Å². The molecule has 7 heteroatoms. The van der Waals surface area contributed by atoms with Crippen molar-refractivity contribution in [3.05, 3.63) is 12.3 Å². The van der Waals surface area contributed by atoms with E-state index in [-0.39, 0.29) is 24.7 Å². The number of hydrogen-bond acceptors (Lipinski definition) is 4. The standard InChI is InChI=1S/C8H11F3N4/c9-8(10,11)3-1-4-13-7-14-5-2-6(12)15-7/h2,5H,1,3-4H2,(H3,12,13,14,15). The second-order valence-corrected chi connectivity index (χ2v) is 2.95. The van der Waals surface area contributed by atoms with Gasteiger partial charge in [-0.2, -0.15) is 18.2 Å². The van der Waals surface area contributed by atoms with Crippen molar-refractivity contribution >= 4 is 11.8 Å². The Labute approximate surface area is 84.7 Å². The molecule has 3 N–H and O–H groups in total. The Hall–Kier alpha value is -1.53. The highest BCUT2D eigenvalue weighted by Gasteiger charge is 2.25. The van der Waals surface area contributed by atoms with Gasteiger partial charge in [-0.25, -0.2) is 4.98 Å². The quantitative estimate of drug-likeness (QED) is 0.759. The van der Waals surface area contributed by atoms with E-state index in [2.05, 4.69) is 15.3 Å². The van der Waals surface area contributed by atoms with E-state index < -0.39 is 12.6 Å². The van der Waals surface area contributed by atoms with Crippen LogP contribution in [0.15, 0.2) is 12.3 Å². The molecule has 4 nitrogen and oxygen atoms in total. The summed E-state index contributed by atoms with van der Waals surface area (Å²) in [6.07, 6.45) is -3.50. The molecule has 1 rings (SSSR count). The average Bonchev–Trinajstić information content (AvgIpc) is 2.11. The molecule has 0 amide bonds. The molecule has 0 unspecified atom stereocenters. The number of alkyl halides is 3. The molecule has 0 fully saturated rings. The summed E-state index contributed by atoms with van der Waals surface area (Å²) in [7, 11) is 0. The molecule has 1 aromatic rings. The predicted molar refractivity (Wildman–Crippen MR) is 50.2 cm³/mol. The summed E-state index contributed by atoms with van der Waals surface area (Å²) in [4.78, 5) is 7.57. The number of hydrogen-bond donors (Lipinski definition) is 2. The molecule has 0 bridgehead atoms. The topological polar surface area (TPSA) is 63.8 Å². The van der Waals surface area contributed by atoms with Gasteiger partial charge >= 0.3 is 6.18 Å². The zero-order valence-corrected chi connectivity index (χ0v) is 7.88. The van der Waals surface area contributed by atoms with Crippen molar-refractivity contribution < 1.29 is 13.2 Å². The van der Waals surface area contributed by atoms with Gasteiger partial charge in [-0.05, 0) is 12.5 Å². The number of rotatable bonds is 4. The maximum atomic E-state index is 11.8. The predicted octanol–water partition coefficient (Wildman–Crippen LogP) is 1.81. The van der Waals surface area contributed by atoms with E-state index in [0.717, 1.165) is 0 Å². The van der Waals surface area contributed by atoms with E-state index in [9.17, 15) is 13.2 Å². The second kappa shape index (κ2) is 4.81. The maximum absolute atomic E-state index is 11.8. The van der Waals surface area contributed by atoms with Gasteiger partial charge in [-0.1, -0.05) is 0 Å². The molecule has 0 aliphatic heterocycles. The van der Waals surface area contributed by atoms with Crippen LogP contribution in [0.5, 0.6) is 0 Å². The van der Waals surface area contributed by atoms with Gasteiger partial charge in [-0.3, -0.25) is 0 Å². The first-order chi connectivity index (χ1) is 6.97. The molecule has 84 valence electrons. The molecule has 0 saturated heterocycles. The van der Waals surface area contributed by atoms with Gasteiger partial charge in [0.2, 0.25) is 5.95 Å². The van der Waals surface area contributed by atoms with Crippen LogP contribution in [0.1, 0.15) is 12.8 Å². The highest BCUT2D eigenvalue weighted by Crippen LogP contribution is 2.20. The Kier molecular flexibility index (Phi) is 3.70. The van der Waals surface area contributed by atoms with E-state index >= 15 is 0 Å². The number of aromatic nitrogens is 2. The van der Waals surface area contributed by atoms with Gasteiger partial charge in [0.05, 0.1) is 0 Å². The van der Waals surface area contributed by atoms with Crippen molar-refractivity contribution in [2.24, 2.45) is 0 Å². The lowest BCUT2D eigenvalue weighted by molar-refractivity contribution is -0.134. The summed E-state index contributed by atoms with van der Waals surface area (Å²) in [5.74, 6) is 0.528. The molecule has 0 atom stereocenters. The van der Waals surface area contributed by atoms with Gasteiger partial charge in [0.15, 0.2) is 0 Å². The molecule has 0 radical (unpaired) electrons. The van der Waals surface area contributed by atoms with Crippen molar-refractivity contribution in [3.8, 4) is 0 Å². The Morgan fingerprint density at radius 3 is 2.73 bits per heavy atom. The second-order valence-electron chi connectivity index (χ2n) is 2.95. The highest BCUT2D eigenvalue weighted by molar-refractivity contribution is 5.34. The normalized spacial score (nSPS) is 11.4. The minimum absolute atomic E-state index is 0.0122. The zero-order chi connectivity index (χ0) is 11.3. The Morgan fingerprint density at radius 1 is 1.40 bits per heavy atom. The number of nitrogens with two attached hydrogens (primary N) is 1. The minimum atomic E-state index is -4.11. The third-order valence-corrected chi connectivity index (χ3v) is 1.60. The highest BCUT2D eigenvalue weighted by atomic mass is 19.4. The smallest absolute Gasteiger partial charge is 0.384 e. The number of anilines is 2. The first-order valence-corrected chi connectivity index (χ1v) is 4.36. The summed E-state index contributed by atoms with van der Waals surface area (Å²) in [5, 5.41) is 2.66. The molecule has 1 heterocycles. The summed E-state index contributed by atoms with van der Waals surface area (Å²) < 4.78 is 35.3. The van der Waals surface area contributed by atoms with Gasteiger partial charge in [0.25, 0.3) is 0 Å². The molecule has 0 aliphatic rings.